The molecule has 0 unspecified atom stereocenters. The highest BCUT2D eigenvalue weighted by Gasteiger charge is 2.44. The Kier molecular flexibility index (Phi) is 3.47. The van der Waals surface area contributed by atoms with E-state index < -0.39 is 23.3 Å². The zero-order chi connectivity index (χ0) is 15.1. The molecule has 1 aliphatic heterocycles. The van der Waals surface area contributed by atoms with Crippen LogP contribution in [0.1, 0.15) is 25.0 Å². The number of carbonyl (C=O) groups is 2. The lowest BCUT2D eigenvalue weighted by molar-refractivity contribution is -0.130. The quantitative estimate of drug-likeness (QED) is 0.651. The highest BCUT2D eigenvalue weighted by Crippen LogP contribution is 2.21. The summed E-state index contributed by atoms with van der Waals surface area (Å²) in [5, 5.41) is 2.53. The van der Waals surface area contributed by atoms with Crippen molar-refractivity contribution in [1.29, 1.82) is 0 Å². The van der Waals surface area contributed by atoms with Crippen molar-refractivity contribution in [2.45, 2.75) is 25.9 Å². The van der Waals surface area contributed by atoms with Crippen molar-refractivity contribution in [3.63, 3.8) is 0 Å². The summed E-state index contributed by atoms with van der Waals surface area (Å²) >= 11 is 4.75. The molecule has 3 amide bonds. The van der Waals surface area contributed by atoms with Crippen LogP contribution in [0.5, 0.6) is 0 Å². The zero-order valence-corrected chi connectivity index (χ0v) is 11.9. The molecule has 1 fully saturated rings. The molecule has 1 heterocycles. The molecular weight excluding hydrogens is 281 g/mol. The zero-order valence-electron chi connectivity index (χ0n) is 11.1. The monoisotopic (exact) mass is 295 g/mol. The van der Waals surface area contributed by atoms with E-state index in [1.165, 1.54) is 12.1 Å². The predicted molar refractivity (Wildman–Crippen MR) is 75.4 cm³/mol. The standard InChI is InChI=1S/C13H14FN3O2S/c1-13(2)11(18)17(12(19)16-13)6-7-4-3-5-8(9(7)14)10(15)20/h3-5H,6H2,1-2H3,(H2,15,20)(H,16,19). The van der Waals surface area contributed by atoms with E-state index in [-0.39, 0.29) is 22.7 Å². The van der Waals surface area contributed by atoms with Crippen molar-refractivity contribution in [3.05, 3.63) is 35.1 Å². The van der Waals surface area contributed by atoms with E-state index in [1.54, 1.807) is 19.9 Å². The Labute approximate surface area is 120 Å². The average Bonchev–Trinajstić information content (AvgIpc) is 2.53. The molecule has 7 heteroatoms. The van der Waals surface area contributed by atoms with Crippen LogP contribution >= 0.6 is 12.2 Å². The summed E-state index contributed by atoms with van der Waals surface area (Å²) in [4.78, 5) is 24.7. The topological polar surface area (TPSA) is 75.4 Å². The molecule has 0 aliphatic carbocycles. The summed E-state index contributed by atoms with van der Waals surface area (Å²) in [5.41, 5.74) is 4.74. The second kappa shape index (κ2) is 4.82. The van der Waals surface area contributed by atoms with E-state index >= 15 is 0 Å². The van der Waals surface area contributed by atoms with Crippen LogP contribution in [-0.2, 0) is 11.3 Å². The molecule has 1 aliphatic rings. The molecule has 0 saturated carbocycles. The maximum Gasteiger partial charge on any atom is 0.325 e. The number of carbonyl (C=O) groups excluding carboxylic acids is 2. The molecule has 1 aromatic carbocycles. The van der Waals surface area contributed by atoms with Gasteiger partial charge in [0.25, 0.3) is 5.91 Å². The van der Waals surface area contributed by atoms with E-state index in [0.717, 1.165) is 4.90 Å². The number of hydrogen-bond acceptors (Lipinski definition) is 3. The van der Waals surface area contributed by atoms with Gasteiger partial charge < -0.3 is 11.1 Å². The first-order chi connectivity index (χ1) is 9.24. The van der Waals surface area contributed by atoms with E-state index in [1.807, 2.05) is 0 Å². The SMILES string of the molecule is CC1(C)NC(=O)N(Cc2cccc(C(N)=S)c2F)C1=O. The summed E-state index contributed by atoms with van der Waals surface area (Å²) in [7, 11) is 0. The van der Waals surface area contributed by atoms with Crippen molar-refractivity contribution < 1.29 is 14.0 Å². The van der Waals surface area contributed by atoms with Crippen LogP contribution < -0.4 is 11.1 Å². The lowest BCUT2D eigenvalue weighted by atomic mass is 10.1. The molecule has 106 valence electrons. The summed E-state index contributed by atoms with van der Waals surface area (Å²) in [6.45, 7) is 3.03. The van der Waals surface area contributed by atoms with Crippen LogP contribution in [0.25, 0.3) is 0 Å². The van der Waals surface area contributed by atoms with Crippen LogP contribution in [0, 0.1) is 5.82 Å². The number of amides is 3. The molecule has 20 heavy (non-hydrogen) atoms. The van der Waals surface area contributed by atoms with Gasteiger partial charge in [0.2, 0.25) is 0 Å². The summed E-state index contributed by atoms with van der Waals surface area (Å²) in [6.07, 6.45) is 0. The second-order valence-corrected chi connectivity index (χ2v) is 5.53. The van der Waals surface area contributed by atoms with Crippen LogP contribution in [0.3, 0.4) is 0 Å². The van der Waals surface area contributed by atoms with Gasteiger partial charge >= 0.3 is 6.03 Å². The minimum absolute atomic E-state index is 0.0677. The van der Waals surface area contributed by atoms with Gasteiger partial charge in [0, 0.05) is 11.1 Å². The predicted octanol–water partition coefficient (Wildman–Crippen LogP) is 1.29. The fourth-order valence-electron chi connectivity index (χ4n) is 2.02. The van der Waals surface area contributed by atoms with Crippen LogP contribution in [-0.4, -0.2) is 27.4 Å². The third kappa shape index (κ3) is 2.36. The minimum Gasteiger partial charge on any atom is -0.389 e. The number of hydrogen-bond donors (Lipinski definition) is 2. The van der Waals surface area contributed by atoms with Crippen molar-refractivity contribution in [3.8, 4) is 0 Å². The number of halogens is 1. The van der Waals surface area contributed by atoms with Gasteiger partial charge in [-0.25, -0.2) is 9.18 Å². The molecule has 0 spiro atoms. The van der Waals surface area contributed by atoms with Crippen LogP contribution in [0.4, 0.5) is 9.18 Å². The Morgan fingerprint density at radius 2 is 2.10 bits per heavy atom. The largest absolute Gasteiger partial charge is 0.389 e. The van der Waals surface area contributed by atoms with Crippen molar-refractivity contribution in [2.75, 3.05) is 0 Å². The van der Waals surface area contributed by atoms with Gasteiger partial charge in [-0.15, -0.1) is 0 Å². The van der Waals surface area contributed by atoms with Gasteiger partial charge in [-0.2, -0.15) is 0 Å². The van der Waals surface area contributed by atoms with Gasteiger partial charge in [0.1, 0.15) is 16.3 Å². The van der Waals surface area contributed by atoms with E-state index in [0.29, 0.717) is 0 Å². The Bertz CT molecular complexity index is 616. The third-order valence-electron chi connectivity index (χ3n) is 3.12. The molecular formula is C13H14FN3O2S. The van der Waals surface area contributed by atoms with E-state index in [9.17, 15) is 14.0 Å². The van der Waals surface area contributed by atoms with Gasteiger partial charge in [-0.3, -0.25) is 9.69 Å². The normalized spacial score (nSPS) is 17.2. The highest BCUT2D eigenvalue weighted by molar-refractivity contribution is 7.80. The maximum absolute atomic E-state index is 14.2. The minimum atomic E-state index is -0.978. The van der Waals surface area contributed by atoms with E-state index in [4.69, 9.17) is 18.0 Å². The summed E-state index contributed by atoms with van der Waals surface area (Å²) in [5.74, 6) is -1.01. The lowest BCUT2D eigenvalue weighted by Gasteiger charge is -2.16. The Balaban J connectivity index is 2.32. The van der Waals surface area contributed by atoms with Gasteiger partial charge in [0.15, 0.2) is 0 Å². The Morgan fingerprint density at radius 1 is 1.45 bits per heavy atom. The fraction of sp³-hybridized carbons (Fsp3) is 0.308. The average molecular weight is 295 g/mol. The number of nitrogens with zero attached hydrogens (tertiary/aromatic N) is 1. The van der Waals surface area contributed by atoms with Gasteiger partial charge in [0.05, 0.1) is 6.54 Å². The molecule has 0 radical (unpaired) electrons. The van der Waals surface area contributed by atoms with Gasteiger partial charge in [-0.05, 0) is 19.9 Å². The molecule has 1 saturated heterocycles. The number of imide groups is 1. The molecule has 1 aromatic rings. The molecule has 2 rings (SSSR count). The van der Waals surface area contributed by atoms with Gasteiger partial charge in [-0.1, -0.05) is 24.4 Å². The first-order valence-corrected chi connectivity index (χ1v) is 6.36. The molecule has 0 atom stereocenters. The van der Waals surface area contributed by atoms with Crippen LogP contribution in [0.2, 0.25) is 0 Å². The second-order valence-electron chi connectivity index (χ2n) is 5.09. The molecule has 5 nitrogen and oxygen atoms in total. The van der Waals surface area contributed by atoms with Crippen molar-refractivity contribution in [1.82, 2.24) is 10.2 Å². The molecule has 0 aromatic heterocycles. The number of benzene rings is 1. The first-order valence-electron chi connectivity index (χ1n) is 5.95. The fourth-order valence-corrected chi connectivity index (χ4v) is 2.18. The number of nitrogens with one attached hydrogen (secondary N) is 1. The van der Waals surface area contributed by atoms with Crippen molar-refractivity contribution >= 4 is 29.1 Å². The number of rotatable bonds is 3. The maximum atomic E-state index is 14.2. The highest BCUT2D eigenvalue weighted by atomic mass is 32.1. The summed E-state index contributed by atoms with van der Waals surface area (Å²) < 4.78 is 14.2. The van der Waals surface area contributed by atoms with E-state index in [2.05, 4.69) is 5.32 Å². The van der Waals surface area contributed by atoms with Crippen molar-refractivity contribution in [2.24, 2.45) is 5.73 Å². The van der Waals surface area contributed by atoms with Crippen LogP contribution in [0.15, 0.2) is 18.2 Å². The summed E-state index contributed by atoms with van der Waals surface area (Å²) in [6, 6.07) is 3.98. The molecule has 0 bridgehead atoms. The Hall–Kier alpha value is -2.02. The number of urea groups is 1. The number of nitrogens with two attached hydrogens (primary N) is 1. The number of thiocarbonyl (C=S) groups is 1. The Morgan fingerprint density at radius 3 is 2.60 bits per heavy atom. The lowest BCUT2D eigenvalue weighted by Crippen LogP contribution is -2.40. The first kappa shape index (κ1) is 14.4. The smallest absolute Gasteiger partial charge is 0.325 e. The third-order valence-corrected chi connectivity index (χ3v) is 3.34. The molecule has 3 N–H and O–H groups in total.